The fraction of sp³-hybridized carbons (Fsp3) is 0.333. The topological polar surface area (TPSA) is 60.7 Å². The van der Waals surface area contributed by atoms with Crippen LogP contribution in [-0.2, 0) is 11.3 Å². The van der Waals surface area contributed by atoms with Gasteiger partial charge in [0.05, 0.1) is 6.54 Å². The average molecular weight is 230 g/mol. The van der Waals surface area contributed by atoms with Gasteiger partial charge in [-0.1, -0.05) is 30.3 Å². The molecule has 0 N–H and O–H groups in total. The van der Waals surface area contributed by atoms with Crippen LogP contribution in [0.4, 0.5) is 0 Å². The maximum absolute atomic E-state index is 10.8. The number of benzene rings is 1. The number of nitrogens with zero attached hydrogens (tertiary/aromatic N) is 4. The molecule has 88 valence electrons. The Morgan fingerprint density at radius 1 is 1.29 bits per heavy atom. The molecule has 5 heteroatoms. The van der Waals surface area contributed by atoms with Gasteiger partial charge in [0.25, 0.3) is 0 Å². The Morgan fingerprint density at radius 3 is 2.76 bits per heavy atom. The molecule has 0 saturated heterocycles. The number of ketones is 1. The molecule has 2 aromatic rings. The van der Waals surface area contributed by atoms with Crippen LogP contribution in [0.1, 0.15) is 19.8 Å². The number of carbonyl (C=O) groups is 1. The standard InChI is InChI=1S/C12H14N4O/c1-10(17)6-5-9-16-14-12(13-15-16)11-7-3-2-4-8-11/h2-4,7-8H,5-6,9H2,1H3. The van der Waals surface area contributed by atoms with E-state index in [0.717, 1.165) is 12.0 Å². The van der Waals surface area contributed by atoms with Gasteiger partial charge in [0.2, 0.25) is 5.82 Å². The summed E-state index contributed by atoms with van der Waals surface area (Å²) >= 11 is 0. The van der Waals surface area contributed by atoms with Crippen LogP contribution in [0.2, 0.25) is 0 Å². The molecule has 0 aliphatic carbocycles. The summed E-state index contributed by atoms with van der Waals surface area (Å²) in [4.78, 5) is 12.3. The molecule has 5 nitrogen and oxygen atoms in total. The van der Waals surface area contributed by atoms with Crippen molar-refractivity contribution < 1.29 is 4.79 Å². The summed E-state index contributed by atoms with van der Waals surface area (Å²) in [6, 6.07) is 9.70. The van der Waals surface area contributed by atoms with E-state index >= 15 is 0 Å². The predicted octanol–water partition coefficient (Wildman–Crippen LogP) is 1.71. The van der Waals surface area contributed by atoms with E-state index in [9.17, 15) is 4.79 Å². The van der Waals surface area contributed by atoms with Crippen molar-refractivity contribution in [2.45, 2.75) is 26.3 Å². The van der Waals surface area contributed by atoms with E-state index in [1.165, 1.54) is 4.80 Å². The maximum atomic E-state index is 10.8. The van der Waals surface area contributed by atoms with Crippen LogP contribution in [0, 0.1) is 0 Å². The van der Waals surface area contributed by atoms with Gasteiger partial charge < -0.3 is 4.79 Å². The monoisotopic (exact) mass is 230 g/mol. The number of hydrogen-bond donors (Lipinski definition) is 0. The molecule has 0 aliphatic heterocycles. The number of Topliss-reactive ketones (excluding diaryl/α,β-unsaturated/α-hetero) is 1. The Kier molecular flexibility index (Phi) is 3.59. The Bertz CT molecular complexity index is 492. The molecule has 0 unspecified atom stereocenters. The van der Waals surface area contributed by atoms with Crippen LogP contribution in [-0.4, -0.2) is 26.0 Å². The zero-order valence-electron chi connectivity index (χ0n) is 9.71. The SMILES string of the molecule is CC(=O)CCCn1nnc(-c2ccccc2)n1. The van der Waals surface area contributed by atoms with Gasteiger partial charge >= 0.3 is 0 Å². The fourth-order valence-corrected chi connectivity index (χ4v) is 1.51. The highest BCUT2D eigenvalue weighted by Gasteiger charge is 2.04. The minimum absolute atomic E-state index is 0.188. The minimum Gasteiger partial charge on any atom is -0.300 e. The van der Waals surface area contributed by atoms with Gasteiger partial charge in [0, 0.05) is 12.0 Å². The van der Waals surface area contributed by atoms with Crippen molar-refractivity contribution in [3.05, 3.63) is 30.3 Å². The van der Waals surface area contributed by atoms with E-state index in [1.54, 1.807) is 6.92 Å². The third-order valence-corrected chi connectivity index (χ3v) is 2.37. The zero-order chi connectivity index (χ0) is 12.1. The molecule has 0 saturated carbocycles. The van der Waals surface area contributed by atoms with E-state index in [4.69, 9.17) is 0 Å². The first-order valence-electron chi connectivity index (χ1n) is 5.58. The second-order valence-corrected chi connectivity index (χ2v) is 3.88. The lowest BCUT2D eigenvalue weighted by atomic mass is 10.2. The lowest BCUT2D eigenvalue weighted by Gasteiger charge is -1.96. The Morgan fingerprint density at radius 2 is 2.06 bits per heavy atom. The molecule has 2 rings (SSSR count). The molecule has 1 aromatic heterocycles. The Balaban J connectivity index is 1.99. The van der Waals surface area contributed by atoms with Crippen LogP contribution in [0.5, 0.6) is 0 Å². The number of hydrogen-bond acceptors (Lipinski definition) is 4. The number of aryl methyl sites for hydroxylation is 1. The second-order valence-electron chi connectivity index (χ2n) is 3.88. The molecular weight excluding hydrogens is 216 g/mol. The third-order valence-electron chi connectivity index (χ3n) is 2.37. The predicted molar refractivity (Wildman–Crippen MR) is 63.2 cm³/mol. The first kappa shape index (κ1) is 11.4. The molecule has 1 aromatic carbocycles. The van der Waals surface area contributed by atoms with Crippen molar-refractivity contribution in [1.82, 2.24) is 20.2 Å². The largest absolute Gasteiger partial charge is 0.300 e. The van der Waals surface area contributed by atoms with E-state index in [1.807, 2.05) is 30.3 Å². The highest BCUT2D eigenvalue weighted by Crippen LogP contribution is 2.11. The van der Waals surface area contributed by atoms with Gasteiger partial charge in [-0.25, -0.2) is 0 Å². The molecule has 0 atom stereocenters. The molecule has 0 amide bonds. The summed E-state index contributed by atoms with van der Waals surface area (Å²) in [6.07, 6.45) is 1.31. The highest BCUT2D eigenvalue weighted by molar-refractivity contribution is 5.75. The number of aromatic nitrogens is 4. The second kappa shape index (κ2) is 5.34. The summed E-state index contributed by atoms with van der Waals surface area (Å²) in [5.41, 5.74) is 0.949. The van der Waals surface area contributed by atoms with E-state index in [0.29, 0.717) is 18.8 Å². The number of tetrazole rings is 1. The number of rotatable bonds is 5. The van der Waals surface area contributed by atoms with Crippen molar-refractivity contribution in [3.8, 4) is 11.4 Å². The van der Waals surface area contributed by atoms with Gasteiger partial charge in [-0.3, -0.25) is 0 Å². The summed E-state index contributed by atoms with van der Waals surface area (Å²) in [7, 11) is 0. The highest BCUT2D eigenvalue weighted by atomic mass is 16.1. The molecule has 0 radical (unpaired) electrons. The van der Waals surface area contributed by atoms with Crippen LogP contribution < -0.4 is 0 Å². The smallest absolute Gasteiger partial charge is 0.204 e. The minimum atomic E-state index is 0.188. The average Bonchev–Trinajstić information content (AvgIpc) is 2.78. The molecule has 0 fully saturated rings. The summed E-state index contributed by atoms with van der Waals surface area (Å²) in [6.45, 7) is 2.21. The Hall–Kier alpha value is -2.04. The van der Waals surface area contributed by atoms with Crippen molar-refractivity contribution in [2.24, 2.45) is 0 Å². The molecule has 0 spiro atoms. The van der Waals surface area contributed by atoms with Crippen LogP contribution in [0.15, 0.2) is 30.3 Å². The van der Waals surface area contributed by atoms with Crippen molar-refractivity contribution >= 4 is 5.78 Å². The summed E-state index contributed by atoms with van der Waals surface area (Å²) in [5.74, 6) is 0.807. The Labute approximate surface area is 99.5 Å². The molecule has 1 heterocycles. The first-order chi connectivity index (χ1) is 8.25. The molecule has 0 aliphatic rings. The van der Waals surface area contributed by atoms with E-state index in [-0.39, 0.29) is 5.78 Å². The molecule has 17 heavy (non-hydrogen) atoms. The zero-order valence-corrected chi connectivity index (χ0v) is 9.71. The van der Waals surface area contributed by atoms with Crippen molar-refractivity contribution in [3.63, 3.8) is 0 Å². The lowest BCUT2D eigenvalue weighted by Crippen LogP contribution is -2.04. The van der Waals surface area contributed by atoms with Crippen LogP contribution in [0.25, 0.3) is 11.4 Å². The van der Waals surface area contributed by atoms with Crippen molar-refractivity contribution in [1.29, 1.82) is 0 Å². The van der Waals surface area contributed by atoms with Gasteiger partial charge in [-0.2, -0.15) is 4.80 Å². The molecular formula is C12H14N4O. The van der Waals surface area contributed by atoms with Crippen molar-refractivity contribution in [2.75, 3.05) is 0 Å². The van der Waals surface area contributed by atoms with Gasteiger partial charge in [0.1, 0.15) is 5.78 Å². The van der Waals surface area contributed by atoms with Crippen LogP contribution in [0.3, 0.4) is 0 Å². The normalized spacial score (nSPS) is 10.4. The van der Waals surface area contributed by atoms with Crippen LogP contribution >= 0.6 is 0 Å². The van der Waals surface area contributed by atoms with E-state index < -0.39 is 0 Å². The maximum Gasteiger partial charge on any atom is 0.204 e. The summed E-state index contributed by atoms with van der Waals surface area (Å²) in [5, 5.41) is 12.2. The molecule has 0 bridgehead atoms. The van der Waals surface area contributed by atoms with Gasteiger partial charge in [-0.05, 0) is 18.6 Å². The van der Waals surface area contributed by atoms with E-state index in [2.05, 4.69) is 15.4 Å². The quantitative estimate of drug-likeness (QED) is 0.784. The summed E-state index contributed by atoms with van der Waals surface area (Å²) < 4.78 is 0. The van der Waals surface area contributed by atoms with Gasteiger partial charge in [-0.15, -0.1) is 10.2 Å². The lowest BCUT2D eigenvalue weighted by molar-refractivity contribution is -0.117. The van der Waals surface area contributed by atoms with Gasteiger partial charge in [0.15, 0.2) is 0 Å². The third kappa shape index (κ3) is 3.21. The first-order valence-corrected chi connectivity index (χ1v) is 5.58. The number of carbonyl (C=O) groups excluding carboxylic acids is 1. The fourth-order valence-electron chi connectivity index (χ4n) is 1.51.